The van der Waals surface area contributed by atoms with Crippen molar-refractivity contribution in [3.63, 3.8) is 0 Å². The van der Waals surface area contributed by atoms with Gasteiger partial charge in [0, 0.05) is 27.1 Å². The van der Waals surface area contributed by atoms with Crippen molar-refractivity contribution in [1.82, 2.24) is 0 Å². The van der Waals surface area contributed by atoms with E-state index in [1.165, 1.54) is 61.2 Å². The van der Waals surface area contributed by atoms with Gasteiger partial charge in [-0.25, -0.2) is 0 Å². The molecule has 0 saturated carbocycles. The van der Waals surface area contributed by atoms with Crippen LogP contribution >= 0.6 is 15.9 Å². The van der Waals surface area contributed by atoms with Crippen LogP contribution in [0.15, 0.2) is 175 Å². The molecule has 48 heavy (non-hydrogen) atoms. The van der Waals surface area contributed by atoms with Gasteiger partial charge in [-0.1, -0.05) is 162 Å². The molecule has 2 aliphatic carbocycles. The summed E-state index contributed by atoms with van der Waals surface area (Å²) in [5.41, 5.74) is 18.1. The Kier molecular flexibility index (Phi) is 6.64. The molecule has 0 heterocycles. The molecule has 0 N–H and O–H groups in total. The number of aryl methyl sites for hydroxylation is 1. The fourth-order valence-corrected chi connectivity index (χ4v) is 8.82. The molecule has 2 heteroatoms. The summed E-state index contributed by atoms with van der Waals surface area (Å²) >= 11 is 3.93. The van der Waals surface area contributed by atoms with E-state index >= 15 is 0 Å². The third-order valence-corrected chi connectivity index (χ3v) is 10.9. The molecule has 2 aliphatic rings. The number of nitrogens with zero attached hydrogens (tertiary/aromatic N) is 1. The van der Waals surface area contributed by atoms with Crippen molar-refractivity contribution < 1.29 is 0 Å². The molecular formula is C46H32BrN. The van der Waals surface area contributed by atoms with Gasteiger partial charge in [0.25, 0.3) is 0 Å². The summed E-state index contributed by atoms with van der Waals surface area (Å²) < 4.78 is 1.14. The van der Waals surface area contributed by atoms with Crippen molar-refractivity contribution >= 4 is 33.0 Å². The Labute approximate surface area is 290 Å². The van der Waals surface area contributed by atoms with Crippen molar-refractivity contribution in [2.24, 2.45) is 0 Å². The molecule has 1 spiro atoms. The van der Waals surface area contributed by atoms with Crippen LogP contribution < -0.4 is 4.90 Å². The van der Waals surface area contributed by atoms with E-state index in [0.29, 0.717) is 0 Å². The topological polar surface area (TPSA) is 3.24 Å². The minimum absolute atomic E-state index is 0.382. The molecule has 0 saturated heterocycles. The van der Waals surface area contributed by atoms with E-state index < -0.39 is 0 Å². The maximum Gasteiger partial charge on any atom is 0.0726 e. The van der Waals surface area contributed by atoms with Crippen LogP contribution in [-0.2, 0) is 5.41 Å². The smallest absolute Gasteiger partial charge is 0.0726 e. The highest BCUT2D eigenvalue weighted by Gasteiger charge is 2.52. The maximum absolute atomic E-state index is 4.58. The average molecular weight is 679 g/mol. The van der Waals surface area contributed by atoms with Gasteiger partial charge >= 0.3 is 0 Å². The van der Waals surface area contributed by atoms with Gasteiger partial charge in [-0.05, 0) is 92.4 Å². The third-order valence-electron chi connectivity index (χ3n) is 10.3. The Hall–Kier alpha value is -5.44. The van der Waals surface area contributed by atoms with Gasteiger partial charge in [0.1, 0.15) is 0 Å². The number of hydrogen-bond donors (Lipinski definition) is 0. The van der Waals surface area contributed by atoms with Gasteiger partial charge in [0.15, 0.2) is 0 Å². The van der Waals surface area contributed by atoms with E-state index in [9.17, 15) is 0 Å². The first-order valence-electron chi connectivity index (χ1n) is 16.4. The molecule has 1 nitrogen and oxygen atoms in total. The monoisotopic (exact) mass is 677 g/mol. The Morgan fingerprint density at radius 2 is 1.06 bits per heavy atom. The van der Waals surface area contributed by atoms with E-state index in [0.717, 1.165) is 27.1 Å². The summed E-state index contributed by atoms with van der Waals surface area (Å²) in [6, 6.07) is 59.5. The highest BCUT2D eigenvalue weighted by Crippen LogP contribution is 2.64. The highest BCUT2D eigenvalue weighted by atomic mass is 79.9. The SMILES string of the molecule is C=C(c1ccccc1)N(c1ccc(-c2cccc3c2-c2ccccc2C32c3ccccc3-c3c(Br)cccc32)cc1)c1ccccc1C. The fourth-order valence-electron chi connectivity index (χ4n) is 8.24. The standard InChI is InChI=1S/C46H32BrN/c1-30-14-6-11-25-43(30)48(31(2)32-15-4-3-5-16-32)34-28-26-33(27-29-34)35-19-12-22-40-44(35)36-17-7-9-20-38(36)46(40)39-21-10-8-18-37(39)45-41(46)23-13-24-42(45)47/h3-29H,2H2,1H3. The Morgan fingerprint density at radius 3 is 1.77 bits per heavy atom. The molecule has 1 atom stereocenters. The van der Waals surface area contributed by atoms with Crippen LogP contribution in [0.25, 0.3) is 39.1 Å². The van der Waals surface area contributed by atoms with E-state index in [1.807, 2.05) is 6.07 Å². The Balaban J connectivity index is 1.23. The first-order valence-corrected chi connectivity index (χ1v) is 17.2. The second-order valence-corrected chi connectivity index (χ2v) is 13.6. The summed E-state index contributed by atoms with van der Waals surface area (Å²) in [5, 5.41) is 0. The molecule has 7 aromatic carbocycles. The average Bonchev–Trinajstić information content (AvgIpc) is 3.61. The van der Waals surface area contributed by atoms with Crippen LogP contribution in [0, 0.1) is 6.92 Å². The van der Waals surface area contributed by atoms with Crippen molar-refractivity contribution in [1.29, 1.82) is 0 Å². The number of rotatable bonds is 5. The fraction of sp³-hybridized carbons (Fsp3) is 0.0435. The van der Waals surface area contributed by atoms with Crippen molar-refractivity contribution in [2.75, 3.05) is 4.90 Å². The van der Waals surface area contributed by atoms with Gasteiger partial charge in [-0.3, -0.25) is 0 Å². The normalized spacial score (nSPS) is 15.0. The third kappa shape index (κ3) is 4.03. The minimum atomic E-state index is -0.382. The lowest BCUT2D eigenvalue weighted by Gasteiger charge is -2.30. The van der Waals surface area contributed by atoms with Crippen molar-refractivity contribution in [2.45, 2.75) is 12.3 Å². The van der Waals surface area contributed by atoms with Crippen molar-refractivity contribution in [3.8, 4) is 33.4 Å². The summed E-state index contributed by atoms with van der Waals surface area (Å²) in [5.74, 6) is 0. The summed E-state index contributed by atoms with van der Waals surface area (Å²) in [7, 11) is 0. The zero-order chi connectivity index (χ0) is 32.4. The van der Waals surface area contributed by atoms with Crippen LogP contribution in [0.3, 0.4) is 0 Å². The molecule has 7 aromatic rings. The minimum Gasteiger partial charge on any atom is -0.310 e. The number of para-hydroxylation sites is 1. The zero-order valence-electron chi connectivity index (χ0n) is 26.6. The van der Waals surface area contributed by atoms with E-state index in [2.05, 4.69) is 192 Å². The first-order chi connectivity index (χ1) is 23.6. The predicted molar refractivity (Wildman–Crippen MR) is 205 cm³/mol. The molecule has 0 amide bonds. The van der Waals surface area contributed by atoms with Gasteiger partial charge in [0.05, 0.1) is 5.41 Å². The molecule has 1 unspecified atom stereocenters. The lowest BCUT2D eigenvalue weighted by molar-refractivity contribution is 0.793. The summed E-state index contributed by atoms with van der Waals surface area (Å²) in [6.07, 6.45) is 0. The second-order valence-electron chi connectivity index (χ2n) is 12.7. The van der Waals surface area contributed by atoms with E-state index in [1.54, 1.807) is 0 Å². The van der Waals surface area contributed by atoms with E-state index in [-0.39, 0.29) is 5.41 Å². The molecular weight excluding hydrogens is 646 g/mol. The Morgan fingerprint density at radius 1 is 0.521 bits per heavy atom. The van der Waals surface area contributed by atoms with Gasteiger partial charge in [-0.15, -0.1) is 0 Å². The molecule has 9 rings (SSSR count). The molecule has 0 bridgehead atoms. The van der Waals surface area contributed by atoms with E-state index in [4.69, 9.17) is 0 Å². The largest absolute Gasteiger partial charge is 0.310 e. The molecule has 228 valence electrons. The predicted octanol–water partition coefficient (Wildman–Crippen LogP) is 12.6. The molecule has 0 aliphatic heterocycles. The van der Waals surface area contributed by atoms with Crippen LogP contribution in [0.2, 0.25) is 0 Å². The van der Waals surface area contributed by atoms with Crippen LogP contribution in [-0.4, -0.2) is 0 Å². The van der Waals surface area contributed by atoms with Crippen LogP contribution in [0.4, 0.5) is 11.4 Å². The zero-order valence-corrected chi connectivity index (χ0v) is 28.2. The van der Waals surface area contributed by atoms with Crippen LogP contribution in [0.5, 0.6) is 0 Å². The molecule has 0 radical (unpaired) electrons. The lowest BCUT2D eigenvalue weighted by Crippen LogP contribution is -2.25. The second kappa shape index (κ2) is 11.1. The number of hydrogen-bond acceptors (Lipinski definition) is 1. The van der Waals surface area contributed by atoms with Gasteiger partial charge in [-0.2, -0.15) is 0 Å². The molecule has 0 aromatic heterocycles. The Bertz CT molecular complexity index is 2390. The first kappa shape index (κ1) is 28.8. The van der Waals surface area contributed by atoms with Gasteiger partial charge < -0.3 is 4.90 Å². The summed E-state index contributed by atoms with van der Waals surface area (Å²) in [6.45, 7) is 6.74. The summed E-state index contributed by atoms with van der Waals surface area (Å²) in [4.78, 5) is 2.28. The van der Waals surface area contributed by atoms with Crippen LogP contribution in [0.1, 0.15) is 33.4 Å². The highest BCUT2D eigenvalue weighted by molar-refractivity contribution is 9.10. The van der Waals surface area contributed by atoms with Gasteiger partial charge in [0.2, 0.25) is 0 Å². The number of halogens is 1. The maximum atomic E-state index is 4.58. The molecule has 0 fully saturated rings. The quantitative estimate of drug-likeness (QED) is 0.175. The lowest BCUT2D eigenvalue weighted by atomic mass is 9.70. The number of anilines is 2. The number of benzene rings is 7. The van der Waals surface area contributed by atoms with Crippen molar-refractivity contribution in [3.05, 3.63) is 208 Å². The number of fused-ring (bicyclic) bond motifs is 10.